The maximum absolute atomic E-state index is 12.7. The highest BCUT2D eigenvalue weighted by molar-refractivity contribution is 5.77. The van der Waals surface area contributed by atoms with Crippen LogP contribution in [0.5, 0.6) is 0 Å². The van der Waals surface area contributed by atoms with Gasteiger partial charge in [-0.05, 0) is 12.0 Å². The number of carbonyl (C=O) groups is 1. The van der Waals surface area contributed by atoms with Crippen LogP contribution in [0, 0.1) is 5.82 Å². The lowest BCUT2D eigenvalue weighted by Crippen LogP contribution is -1.96. The monoisotopic (exact) mass is 153 g/mol. The van der Waals surface area contributed by atoms with E-state index in [4.69, 9.17) is 0 Å². The van der Waals surface area contributed by atoms with Crippen molar-refractivity contribution in [3.63, 3.8) is 0 Å². The summed E-state index contributed by atoms with van der Waals surface area (Å²) >= 11 is 0. The molecule has 1 aromatic heterocycles. The normalized spacial score (nSPS) is 9.64. The number of aromatic nitrogens is 1. The largest absolute Gasteiger partial charge is 0.298 e. The summed E-state index contributed by atoms with van der Waals surface area (Å²) in [5.41, 5.74) is 0.780. The molecule has 1 aromatic rings. The van der Waals surface area contributed by atoms with Crippen LogP contribution < -0.4 is 0 Å². The van der Waals surface area contributed by atoms with Crippen molar-refractivity contribution in [2.24, 2.45) is 0 Å². The number of hydrogen-bond acceptors (Lipinski definition) is 2. The van der Waals surface area contributed by atoms with Gasteiger partial charge in [0.2, 0.25) is 0 Å². The van der Waals surface area contributed by atoms with Crippen LogP contribution in [0.2, 0.25) is 0 Å². The van der Waals surface area contributed by atoms with E-state index in [2.05, 4.69) is 4.98 Å². The average molecular weight is 153 g/mol. The van der Waals surface area contributed by atoms with E-state index < -0.39 is 5.82 Å². The Morgan fingerprint density at radius 2 is 2.36 bits per heavy atom. The molecular formula is C8H8FNO. The number of aldehydes is 1. The van der Waals surface area contributed by atoms with Crippen molar-refractivity contribution in [1.82, 2.24) is 4.98 Å². The quantitative estimate of drug-likeness (QED) is 0.604. The molecule has 0 aliphatic carbocycles. The molecule has 0 fully saturated rings. The zero-order chi connectivity index (χ0) is 8.27. The molecule has 0 spiro atoms. The molecule has 1 rings (SSSR count). The van der Waals surface area contributed by atoms with Crippen molar-refractivity contribution < 1.29 is 9.18 Å². The van der Waals surface area contributed by atoms with E-state index in [1.807, 2.05) is 6.92 Å². The lowest BCUT2D eigenvalue weighted by molar-refractivity contribution is 0.111. The minimum atomic E-state index is -0.542. The predicted molar refractivity (Wildman–Crippen MR) is 39.0 cm³/mol. The first-order chi connectivity index (χ1) is 5.29. The van der Waals surface area contributed by atoms with Gasteiger partial charge < -0.3 is 0 Å². The Morgan fingerprint density at radius 1 is 1.64 bits per heavy atom. The number of carbonyl (C=O) groups excluding carboxylic acids is 1. The summed E-state index contributed by atoms with van der Waals surface area (Å²) in [6.07, 6.45) is 3.70. The smallest absolute Gasteiger partial charge is 0.153 e. The summed E-state index contributed by atoms with van der Waals surface area (Å²) in [7, 11) is 0. The lowest BCUT2D eigenvalue weighted by atomic mass is 10.1. The molecular weight excluding hydrogens is 145 g/mol. The predicted octanol–water partition coefficient (Wildman–Crippen LogP) is 1.60. The van der Waals surface area contributed by atoms with Crippen molar-refractivity contribution >= 4 is 6.29 Å². The second kappa shape index (κ2) is 3.23. The number of nitrogens with zero attached hydrogens (tertiary/aromatic N) is 1. The van der Waals surface area contributed by atoms with Gasteiger partial charge in [0.25, 0.3) is 0 Å². The average Bonchev–Trinajstić information content (AvgIpc) is 2.04. The fourth-order valence-electron chi connectivity index (χ4n) is 0.899. The standard InChI is InChI=1S/C8H8FNO/c1-2-6-3-10-4-8(9)7(6)5-11/h3-5H,2H2,1H3. The molecule has 0 aliphatic rings. The molecule has 2 nitrogen and oxygen atoms in total. The molecule has 3 heteroatoms. The van der Waals surface area contributed by atoms with Gasteiger partial charge in [0, 0.05) is 6.20 Å². The van der Waals surface area contributed by atoms with E-state index in [0.29, 0.717) is 18.3 Å². The van der Waals surface area contributed by atoms with Crippen LogP contribution in [-0.2, 0) is 6.42 Å². The minimum absolute atomic E-state index is 0.127. The highest BCUT2D eigenvalue weighted by Crippen LogP contribution is 2.09. The second-order valence-corrected chi connectivity index (χ2v) is 2.17. The van der Waals surface area contributed by atoms with Gasteiger partial charge in [-0.15, -0.1) is 0 Å². The van der Waals surface area contributed by atoms with Gasteiger partial charge in [0.15, 0.2) is 12.1 Å². The van der Waals surface area contributed by atoms with E-state index in [1.165, 1.54) is 6.20 Å². The Kier molecular flexibility index (Phi) is 2.31. The molecule has 0 aliphatic heterocycles. The fourth-order valence-corrected chi connectivity index (χ4v) is 0.899. The van der Waals surface area contributed by atoms with E-state index >= 15 is 0 Å². The van der Waals surface area contributed by atoms with Crippen LogP contribution >= 0.6 is 0 Å². The van der Waals surface area contributed by atoms with Gasteiger partial charge >= 0.3 is 0 Å². The van der Waals surface area contributed by atoms with Crippen molar-refractivity contribution in [2.45, 2.75) is 13.3 Å². The van der Waals surface area contributed by atoms with Crippen molar-refractivity contribution in [1.29, 1.82) is 0 Å². The van der Waals surface area contributed by atoms with E-state index in [-0.39, 0.29) is 5.56 Å². The highest BCUT2D eigenvalue weighted by Gasteiger charge is 2.05. The Bertz CT molecular complexity index is 273. The molecule has 58 valence electrons. The van der Waals surface area contributed by atoms with Crippen LogP contribution in [0.15, 0.2) is 12.4 Å². The summed E-state index contributed by atoms with van der Waals surface area (Å²) in [6, 6.07) is 0. The molecule has 0 saturated carbocycles. The number of aryl methyl sites for hydroxylation is 1. The van der Waals surface area contributed by atoms with Crippen LogP contribution in [-0.4, -0.2) is 11.3 Å². The number of rotatable bonds is 2. The summed E-state index contributed by atoms with van der Waals surface area (Å²) in [5.74, 6) is -0.542. The summed E-state index contributed by atoms with van der Waals surface area (Å²) < 4.78 is 12.7. The van der Waals surface area contributed by atoms with E-state index in [9.17, 15) is 9.18 Å². The molecule has 11 heavy (non-hydrogen) atoms. The Morgan fingerprint density at radius 3 is 2.82 bits per heavy atom. The van der Waals surface area contributed by atoms with E-state index in [0.717, 1.165) is 6.20 Å². The van der Waals surface area contributed by atoms with Gasteiger partial charge in [0.1, 0.15) is 0 Å². The fraction of sp³-hybridized carbons (Fsp3) is 0.250. The number of halogens is 1. The molecule has 0 bridgehead atoms. The van der Waals surface area contributed by atoms with Crippen molar-refractivity contribution in [3.8, 4) is 0 Å². The van der Waals surface area contributed by atoms with Crippen LogP contribution in [0.3, 0.4) is 0 Å². The SMILES string of the molecule is CCc1cncc(F)c1C=O. The van der Waals surface area contributed by atoms with E-state index in [1.54, 1.807) is 0 Å². The third-order valence-corrected chi connectivity index (χ3v) is 1.52. The summed E-state index contributed by atoms with van der Waals surface area (Å²) in [6.45, 7) is 1.85. The first-order valence-corrected chi connectivity index (χ1v) is 3.37. The van der Waals surface area contributed by atoms with Gasteiger partial charge in [-0.2, -0.15) is 0 Å². The van der Waals surface area contributed by atoms with Crippen molar-refractivity contribution in [2.75, 3.05) is 0 Å². The number of hydrogen-bond donors (Lipinski definition) is 0. The zero-order valence-corrected chi connectivity index (χ0v) is 6.17. The molecule has 0 saturated heterocycles. The van der Waals surface area contributed by atoms with Gasteiger partial charge in [-0.3, -0.25) is 9.78 Å². The highest BCUT2D eigenvalue weighted by atomic mass is 19.1. The van der Waals surface area contributed by atoms with Gasteiger partial charge in [-0.1, -0.05) is 6.92 Å². The van der Waals surface area contributed by atoms with Crippen LogP contribution in [0.4, 0.5) is 4.39 Å². The minimum Gasteiger partial charge on any atom is -0.298 e. The molecule has 0 atom stereocenters. The number of pyridine rings is 1. The molecule has 0 aromatic carbocycles. The topological polar surface area (TPSA) is 30.0 Å². The second-order valence-electron chi connectivity index (χ2n) is 2.17. The maximum Gasteiger partial charge on any atom is 0.153 e. The molecule has 0 N–H and O–H groups in total. The lowest BCUT2D eigenvalue weighted by Gasteiger charge is -1.99. The molecule has 0 radical (unpaired) electrons. The molecule has 0 unspecified atom stereocenters. The molecule has 1 heterocycles. The Hall–Kier alpha value is -1.25. The van der Waals surface area contributed by atoms with Crippen LogP contribution in [0.25, 0.3) is 0 Å². The van der Waals surface area contributed by atoms with Gasteiger partial charge in [-0.25, -0.2) is 4.39 Å². The summed E-state index contributed by atoms with van der Waals surface area (Å²) in [5, 5.41) is 0. The Balaban J connectivity index is 3.24. The third-order valence-electron chi connectivity index (χ3n) is 1.52. The Labute approximate surface area is 64.1 Å². The summed E-state index contributed by atoms with van der Waals surface area (Å²) in [4.78, 5) is 14.0. The maximum atomic E-state index is 12.7. The third kappa shape index (κ3) is 1.42. The first kappa shape index (κ1) is 7.85. The van der Waals surface area contributed by atoms with Crippen molar-refractivity contribution in [3.05, 3.63) is 29.3 Å². The van der Waals surface area contributed by atoms with Gasteiger partial charge in [0.05, 0.1) is 11.8 Å². The van der Waals surface area contributed by atoms with Crippen LogP contribution in [0.1, 0.15) is 22.8 Å². The molecule has 0 amide bonds. The zero-order valence-electron chi connectivity index (χ0n) is 6.17. The first-order valence-electron chi connectivity index (χ1n) is 3.37.